The number of hydrogen-bond acceptors (Lipinski definition) is 1. The molecule has 0 aromatic carbocycles. The average molecular weight is 154 g/mol. The van der Waals surface area contributed by atoms with Gasteiger partial charge in [-0.2, -0.15) is 0 Å². The van der Waals surface area contributed by atoms with E-state index in [-0.39, 0.29) is 6.10 Å². The van der Waals surface area contributed by atoms with Gasteiger partial charge in [0.15, 0.2) is 0 Å². The minimum absolute atomic E-state index is 0.215. The summed E-state index contributed by atoms with van der Waals surface area (Å²) in [6, 6.07) is 0. The molecule has 0 spiro atoms. The Morgan fingerprint density at radius 2 is 2.00 bits per heavy atom. The van der Waals surface area contributed by atoms with Gasteiger partial charge in [0.25, 0.3) is 0 Å². The Morgan fingerprint density at radius 3 is 2.73 bits per heavy atom. The van der Waals surface area contributed by atoms with Gasteiger partial charge in [0, 0.05) is 0 Å². The molecule has 0 aromatic rings. The second-order valence-corrected chi connectivity index (χ2v) is 3.41. The fourth-order valence-electron chi connectivity index (χ4n) is 1.60. The second-order valence-electron chi connectivity index (χ2n) is 3.41. The number of aliphatic hydroxyl groups excluding tert-OH is 1. The third-order valence-electron chi connectivity index (χ3n) is 2.36. The molecule has 1 rings (SSSR count). The molecule has 0 aromatic heterocycles. The highest BCUT2D eigenvalue weighted by molar-refractivity contribution is 5.07. The maximum Gasteiger partial charge on any atom is 0.0721 e. The lowest BCUT2D eigenvalue weighted by Crippen LogP contribution is -2.05. The van der Waals surface area contributed by atoms with E-state index in [9.17, 15) is 5.11 Å². The molecule has 11 heavy (non-hydrogen) atoms. The molecule has 1 unspecified atom stereocenters. The molecule has 1 aliphatic rings. The van der Waals surface area contributed by atoms with E-state index in [1.54, 1.807) is 0 Å². The van der Waals surface area contributed by atoms with Crippen LogP contribution in [-0.4, -0.2) is 11.2 Å². The Bertz CT molecular complexity index is 136. The fraction of sp³-hybridized carbons (Fsp3) is 0.800. The van der Waals surface area contributed by atoms with Crippen LogP contribution in [0.1, 0.15) is 45.4 Å². The number of aliphatic hydroxyl groups is 1. The fourth-order valence-corrected chi connectivity index (χ4v) is 1.60. The largest absolute Gasteiger partial charge is 0.389 e. The van der Waals surface area contributed by atoms with E-state index in [2.05, 4.69) is 6.08 Å². The monoisotopic (exact) mass is 154 g/mol. The Kier molecular flexibility index (Phi) is 3.64. The van der Waals surface area contributed by atoms with Crippen LogP contribution in [-0.2, 0) is 0 Å². The third kappa shape index (κ3) is 3.06. The Morgan fingerprint density at radius 1 is 1.27 bits per heavy atom. The second kappa shape index (κ2) is 4.55. The van der Waals surface area contributed by atoms with Gasteiger partial charge in [-0.3, -0.25) is 0 Å². The lowest BCUT2D eigenvalue weighted by atomic mass is 9.97. The van der Waals surface area contributed by atoms with Crippen LogP contribution >= 0.6 is 0 Å². The summed E-state index contributed by atoms with van der Waals surface area (Å²) in [6.07, 6.45) is 9.55. The number of allylic oxidation sites excluding steroid dienone is 1. The molecule has 1 aliphatic carbocycles. The first-order valence-corrected chi connectivity index (χ1v) is 4.67. The normalized spacial score (nSPS) is 23.3. The summed E-state index contributed by atoms with van der Waals surface area (Å²) < 4.78 is 0. The summed E-state index contributed by atoms with van der Waals surface area (Å²) in [5, 5.41) is 9.33. The predicted octanol–water partition coefficient (Wildman–Crippen LogP) is 2.65. The zero-order chi connectivity index (χ0) is 8.10. The quantitative estimate of drug-likeness (QED) is 0.576. The molecule has 64 valence electrons. The van der Waals surface area contributed by atoms with Gasteiger partial charge in [-0.05, 0) is 38.2 Å². The summed E-state index contributed by atoms with van der Waals surface area (Å²) in [4.78, 5) is 0. The van der Waals surface area contributed by atoms with Crippen molar-refractivity contribution in [3.8, 4) is 0 Å². The number of rotatable bonds is 1. The van der Waals surface area contributed by atoms with Crippen molar-refractivity contribution >= 4 is 0 Å². The van der Waals surface area contributed by atoms with E-state index in [0.717, 1.165) is 6.42 Å². The smallest absolute Gasteiger partial charge is 0.0721 e. The van der Waals surface area contributed by atoms with Crippen molar-refractivity contribution in [2.45, 2.75) is 51.6 Å². The SMILES string of the molecule is CC(O)C1=CCCCCCC1. The highest BCUT2D eigenvalue weighted by Gasteiger charge is 2.05. The molecule has 1 nitrogen and oxygen atoms in total. The topological polar surface area (TPSA) is 20.2 Å². The Balaban J connectivity index is 2.45. The minimum Gasteiger partial charge on any atom is -0.389 e. The molecule has 0 fully saturated rings. The van der Waals surface area contributed by atoms with Crippen LogP contribution in [0, 0.1) is 0 Å². The highest BCUT2D eigenvalue weighted by Crippen LogP contribution is 2.18. The molecule has 0 bridgehead atoms. The van der Waals surface area contributed by atoms with Crippen LogP contribution < -0.4 is 0 Å². The first-order valence-electron chi connectivity index (χ1n) is 4.67. The van der Waals surface area contributed by atoms with Crippen molar-refractivity contribution in [2.75, 3.05) is 0 Å². The average Bonchev–Trinajstić information content (AvgIpc) is 1.84. The van der Waals surface area contributed by atoms with Crippen LogP contribution in [0.25, 0.3) is 0 Å². The molecule has 0 aliphatic heterocycles. The van der Waals surface area contributed by atoms with Crippen molar-refractivity contribution in [3.05, 3.63) is 11.6 Å². The van der Waals surface area contributed by atoms with E-state index in [1.165, 1.54) is 37.7 Å². The van der Waals surface area contributed by atoms with E-state index in [4.69, 9.17) is 0 Å². The molecule has 1 N–H and O–H groups in total. The molecule has 0 heterocycles. The van der Waals surface area contributed by atoms with E-state index in [1.807, 2.05) is 6.92 Å². The van der Waals surface area contributed by atoms with Gasteiger partial charge in [0.05, 0.1) is 6.10 Å². The first kappa shape index (κ1) is 8.79. The van der Waals surface area contributed by atoms with Gasteiger partial charge in [-0.15, -0.1) is 0 Å². The maximum absolute atomic E-state index is 9.33. The third-order valence-corrected chi connectivity index (χ3v) is 2.36. The maximum atomic E-state index is 9.33. The van der Waals surface area contributed by atoms with Crippen LogP contribution in [0.2, 0.25) is 0 Å². The summed E-state index contributed by atoms with van der Waals surface area (Å²) in [5.41, 5.74) is 1.25. The van der Waals surface area contributed by atoms with Gasteiger partial charge in [-0.25, -0.2) is 0 Å². The zero-order valence-electron chi connectivity index (χ0n) is 7.34. The molecular weight excluding hydrogens is 136 g/mol. The van der Waals surface area contributed by atoms with Gasteiger partial charge in [-0.1, -0.05) is 18.9 Å². The summed E-state index contributed by atoms with van der Waals surface area (Å²) in [5.74, 6) is 0. The lowest BCUT2D eigenvalue weighted by molar-refractivity contribution is 0.225. The Hall–Kier alpha value is -0.300. The van der Waals surface area contributed by atoms with Crippen molar-refractivity contribution in [1.29, 1.82) is 0 Å². The molecule has 1 atom stereocenters. The van der Waals surface area contributed by atoms with Gasteiger partial charge in [0.1, 0.15) is 0 Å². The highest BCUT2D eigenvalue weighted by atomic mass is 16.3. The Labute approximate surface area is 69.1 Å². The summed E-state index contributed by atoms with van der Waals surface area (Å²) in [6.45, 7) is 1.87. The van der Waals surface area contributed by atoms with E-state index >= 15 is 0 Å². The molecule has 0 saturated heterocycles. The molecule has 0 radical (unpaired) electrons. The van der Waals surface area contributed by atoms with Gasteiger partial charge < -0.3 is 5.11 Å². The molecule has 1 heteroatoms. The minimum atomic E-state index is -0.215. The molecule has 0 amide bonds. The van der Waals surface area contributed by atoms with Crippen molar-refractivity contribution in [2.24, 2.45) is 0 Å². The zero-order valence-corrected chi connectivity index (χ0v) is 7.34. The molecular formula is C10H18O. The molecule has 0 saturated carbocycles. The van der Waals surface area contributed by atoms with E-state index < -0.39 is 0 Å². The van der Waals surface area contributed by atoms with Crippen molar-refractivity contribution in [3.63, 3.8) is 0 Å². The van der Waals surface area contributed by atoms with Crippen molar-refractivity contribution in [1.82, 2.24) is 0 Å². The number of hydrogen-bond donors (Lipinski definition) is 1. The van der Waals surface area contributed by atoms with Gasteiger partial charge in [0.2, 0.25) is 0 Å². The van der Waals surface area contributed by atoms with Crippen LogP contribution in [0.5, 0.6) is 0 Å². The standard InChI is InChI=1S/C10H18O/c1-9(11)10-7-5-3-2-4-6-8-10/h7,9,11H,2-6,8H2,1H3. The summed E-state index contributed by atoms with van der Waals surface area (Å²) in [7, 11) is 0. The van der Waals surface area contributed by atoms with Crippen molar-refractivity contribution < 1.29 is 5.11 Å². The van der Waals surface area contributed by atoms with E-state index in [0.29, 0.717) is 0 Å². The first-order chi connectivity index (χ1) is 5.30. The lowest BCUT2D eigenvalue weighted by Gasteiger charge is -2.13. The van der Waals surface area contributed by atoms with Crippen LogP contribution in [0.15, 0.2) is 11.6 Å². The van der Waals surface area contributed by atoms with Crippen LogP contribution in [0.4, 0.5) is 0 Å². The van der Waals surface area contributed by atoms with Gasteiger partial charge >= 0.3 is 0 Å². The summed E-state index contributed by atoms with van der Waals surface area (Å²) >= 11 is 0. The van der Waals surface area contributed by atoms with Crippen LogP contribution in [0.3, 0.4) is 0 Å². The predicted molar refractivity (Wildman–Crippen MR) is 47.5 cm³/mol.